The average molecular weight is 438 g/mol. The third-order valence-corrected chi connectivity index (χ3v) is 6.28. The molecule has 7 heteroatoms. The quantitative estimate of drug-likeness (QED) is 0.511. The molecule has 4 rings (SSSR count). The molecule has 1 aliphatic carbocycles. The van der Waals surface area contributed by atoms with Crippen molar-refractivity contribution < 1.29 is 14.0 Å². The highest BCUT2D eigenvalue weighted by Crippen LogP contribution is 2.21. The van der Waals surface area contributed by atoms with Gasteiger partial charge in [-0.05, 0) is 48.6 Å². The number of carbonyl (C=O) groups excluding carboxylic acids is 2. The Morgan fingerprint density at radius 3 is 2.61 bits per heavy atom. The van der Waals surface area contributed by atoms with Crippen LogP contribution in [0.4, 0.5) is 5.69 Å². The molecule has 1 saturated carbocycles. The van der Waals surface area contributed by atoms with Crippen LogP contribution in [0.1, 0.15) is 46.7 Å². The van der Waals surface area contributed by atoms with Crippen molar-refractivity contribution in [2.24, 2.45) is 0 Å². The van der Waals surface area contributed by atoms with E-state index in [9.17, 15) is 9.59 Å². The lowest BCUT2D eigenvalue weighted by atomic mass is 10.1. The van der Waals surface area contributed by atoms with Crippen molar-refractivity contribution >= 4 is 28.8 Å². The Bertz CT molecular complexity index is 943. The van der Waals surface area contributed by atoms with Crippen LogP contribution in [-0.4, -0.2) is 29.3 Å². The first-order valence-corrected chi connectivity index (χ1v) is 11.5. The first-order valence-electron chi connectivity index (χ1n) is 10.6. The molecule has 1 aromatic carbocycles. The number of amides is 2. The smallest absolute Gasteiger partial charge is 0.253 e. The largest absolute Gasteiger partial charge is 0.468 e. The van der Waals surface area contributed by atoms with Crippen molar-refractivity contribution in [3.05, 3.63) is 76.4 Å². The van der Waals surface area contributed by atoms with Crippen LogP contribution in [-0.2, 0) is 17.9 Å². The summed E-state index contributed by atoms with van der Waals surface area (Å²) in [6.07, 6.45) is 5.98. The molecular weight excluding hydrogens is 410 g/mol. The number of anilines is 1. The Kier molecular flexibility index (Phi) is 7.17. The van der Waals surface area contributed by atoms with E-state index in [1.54, 1.807) is 29.7 Å². The van der Waals surface area contributed by atoms with Gasteiger partial charge in [0.25, 0.3) is 5.91 Å². The molecule has 3 aromatic rings. The normalized spacial score (nSPS) is 14.1. The van der Waals surface area contributed by atoms with Crippen LogP contribution >= 0.6 is 11.3 Å². The number of nitrogens with zero attached hydrogens (tertiary/aromatic N) is 1. The van der Waals surface area contributed by atoms with E-state index in [4.69, 9.17) is 4.42 Å². The molecule has 2 amide bonds. The van der Waals surface area contributed by atoms with Crippen molar-refractivity contribution in [1.29, 1.82) is 0 Å². The van der Waals surface area contributed by atoms with Gasteiger partial charge in [-0.3, -0.25) is 14.5 Å². The average Bonchev–Trinajstić information content (AvgIpc) is 3.52. The number of hydrogen-bond donors (Lipinski definition) is 2. The fourth-order valence-corrected chi connectivity index (χ4v) is 4.68. The predicted octanol–water partition coefficient (Wildman–Crippen LogP) is 4.65. The van der Waals surface area contributed by atoms with Crippen molar-refractivity contribution in [2.75, 3.05) is 11.9 Å². The second-order valence-corrected chi connectivity index (χ2v) is 8.88. The van der Waals surface area contributed by atoms with Crippen molar-refractivity contribution in [1.82, 2.24) is 10.2 Å². The molecule has 0 unspecified atom stereocenters. The third kappa shape index (κ3) is 6.06. The van der Waals surface area contributed by atoms with Crippen LogP contribution in [0.5, 0.6) is 0 Å². The Hall–Kier alpha value is -2.90. The van der Waals surface area contributed by atoms with Gasteiger partial charge in [-0.2, -0.15) is 0 Å². The van der Waals surface area contributed by atoms with Gasteiger partial charge in [-0.25, -0.2) is 0 Å². The van der Waals surface area contributed by atoms with Gasteiger partial charge in [-0.1, -0.05) is 31.0 Å². The monoisotopic (exact) mass is 437 g/mol. The highest BCUT2D eigenvalue weighted by atomic mass is 32.1. The molecule has 31 heavy (non-hydrogen) atoms. The minimum absolute atomic E-state index is 0.131. The van der Waals surface area contributed by atoms with Crippen molar-refractivity contribution in [2.45, 2.75) is 44.8 Å². The van der Waals surface area contributed by atoms with E-state index in [1.807, 2.05) is 40.6 Å². The summed E-state index contributed by atoms with van der Waals surface area (Å²) in [6.45, 7) is 1.37. The molecule has 1 aliphatic rings. The van der Waals surface area contributed by atoms with Crippen LogP contribution in [0.25, 0.3) is 0 Å². The number of benzene rings is 1. The molecule has 0 atom stereocenters. The number of nitrogens with one attached hydrogen (secondary N) is 2. The van der Waals surface area contributed by atoms with Crippen molar-refractivity contribution in [3.8, 4) is 0 Å². The van der Waals surface area contributed by atoms with E-state index >= 15 is 0 Å². The summed E-state index contributed by atoms with van der Waals surface area (Å²) in [5, 5.41) is 8.06. The first kappa shape index (κ1) is 21.3. The summed E-state index contributed by atoms with van der Waals surface area (Å²) in [7, 11) is 0. The molecule has 0 bridgehead atoms. The second-order valence-electron chi connectivity index (χ2n) is 7.85. The molecule has 1 fully saturated rings. The molecular formula is C24H27N3O3S. The minimum Gasteiger partial charge on any atom is -0.468 e. The topological polar surface area (TPSA) is 74.6 Å². The number of carbonyl (C=O) groups is 2. The van der Waals surface area contributed by atoms with Gasteiger partial charge in [-0.15, -0.1) is 11.3 Å². The van der Waals surface area contributed by atoms with Gasteiger partial charge < -0.3 is 15.1 Å². The SMILES string of the molecule is O=C(CN(Cc1ccco1)Cc1cccs1)Nc1ccccc1C(=O)NC1CCCC1. The summed E-state index contributed by atoms with van der Waals surface area (Å²) in [4.78, 5) is 28.9. The van der Waals surface area contributed by atoms with Gasteiger partial charge in [0.05, 0.1) is 30.6 Å². The maximum atomic E-state index is 12.9. The number of thiophene rings is 1. The van der Waals surface area contributed by atoms with E-state index in [0.717, 1.165) is 31.4 Å². The van der Waals surface area contributed by atoms with E-state index < -0.39 is 0 Å². The van der Waals surface area contributed by atoms with Crippen LogP contribution in [0.2, 0.25) is 0 Å². The van der Waals surface area contributed by atoms with Crippen LogP contribution in [0.3, 0.4) is 0 Å². The van der Waals surface area contributed by atoms with E-state index in [2.05, 4.69) is 16.7 Å². The zero-order chi connectivity index (χ0) is 21.5. The molecule has 2 N–H and O–H groups in total. The lowest BCUT2D eigenvalue weighted by Crippen LogP contribution is -2.35. The molecule has 6 nitrogen and oxygen atoms in total. The van der Waals surface area contributed by atoms with E-state index in [1.165, 1.54) is 4.88 Å². The van der Waals surface area contributed by atoms with Gasteiger partial charge in [0, 0.05) is 17.5 Å². The van der Waals surface area contributed by atoms with Crippen LogP contribution in [0.15, 0.2) is 64.6 Å². The van der Waals surface area contributed by atoms with Gasteiger partial charge in [0.15, 0.2) is 0 Å². The highest BCUT2D eigenvalue weighted by molar-refractivity contribution is 7.09. The highest BCUT2D eigenvalue weighted by Gasteiger charge is 2.21. The van der Waals surface area contributed by atoms with Gasteiger partial charge in [0.1, 0.15) is 5.76 Å². The molecule has 2 heterocycles. The Labute approximate surface area is 186 Å². The number of para-hydroxylation sites is 1. The summed E-state index contributed by atoms with van der Waals surface area (Å²) in [6, 6.07) is 15.2. The van der Waals surface area contributed by atoms with E-state index in [-0.39, 0.29) is 24.4 Å². The molecule has 0 radical (unpaired) electrons. The number of hydrogen-bond acceptors (Lipinski definition) is 5. The summed E-state index contributed by atoms with van der Waals surface area (Å²) < 4.78 is 5.47. The lowest BCUT2D eigenvalue weighted by molar-refractivity contribution is -0.117. The maximum absolute atomic E-state index is 12.9. The zero-order valence-electron chi connectivity index (χ0n) is 17.4. The fraction of sp³-hybridized carbons (Fsp3) is 0.333. The molecule has 162 valence electrons. The van der Waals surface area contributed by atoms with Crippen LogP contribution in [0, 0.1) is 0 Å². The summed E-state index contributed by atoms with van der Waals surface area (Å²) in [5.74, 6) is 0.513. The Balaban J connectivity index is 1.41. The summed E-state index contributed by atoms with van der Waals surface area (Å²) in [5.41, 5.74) is 1.04. The zero-order valence-corrected chi connectivity index (χ0v) is 18.2. The molecule has 0 saturated heterocycles. The molecule has 2 aromatic heterocycles. The third-order valence-electron chi connectivity index (χ3n) is 5.42. The lowest BCUT2D eigenvalue weighted by Gasteiger charge is -2.21. The Morgan fingerprint density at radius 1 is 1.03 bits per heavy atom. The van der Waals surface area contributed by atoms with Crippen LogP contribution < -0.4 is 10.6 Å². The van der Waals surface area contributed by atoms with Gasteiger partial charge in [0.2, 0.25) is 5.91 Å². The molecule has 0 aliphatic heterocycles. The standard InChI is InChI=1S/C24H27N3O3S/c28-23(17-27(15-19-9-5-13-30-19)16-20-10-6-14-31-20)26-22-12-4-3-11-21(22)24(29)25-18-7-1-2-8-18/h3-6,9-14,18H,1-2,7-8,15-17H2,(H,25,29)(H,26,28). The predicted molar refractivity (Wildman–Crippen MR) is 122 cm³/mol. The fourth-order valence-electron chi connectivity index (χ4n) is 3.93. The first-order chi connectivity index (χ1) is 15.2. The summed E-state index contributed by atoms with van der Waals surface area (Å²) >= 11 is 1.66. The minimum atomic E-state index is -0.163. The van der Waals surface area contributed by atoms with Gasteiger partial charge >= 0.3 is 0 Å². The Morgan fingerprint density at radius 2 is 1.87 bits per heavy atom. The molecule has 0 spiro atoms. The van der Waals surface area contributed by atoms with Crippen molar-refractivity contribution in [3.63, 3.8) is 0 Å². The number of furan rings is 1. The number of rotatable bonds is 9. The maximum Gasteiger partial charge on any atom is 0.253 e. The van der Waals surface area contributed by atoms with E-state index in [0.29, 0.717) is 24.3 Å². The second kappa shape index (κ2) is 10.4.